The summed E-state index contributed by atoms with van der Waals surface area (Å²) in [6.45, 7) is 3.89. The Balaban J connectivity index is 2.92. The number of hydrogen-bond donors (Lipinski definition) is 0. The van der Waals surface area contributed by atoms with Crippen LogP contribution in [0.3, 0.4) is 0 Å². The van der Waals surface area contributed by atoms with Crippen molar-refractivity contribution in [3.63, 3.8) is 0 Å². The maximum Gasteiger partial charge on any atom is 0.312 e. The van der Waals surface area contributed by atoms with Gasteiger partial charge >= 0.3 is 5.97 Å². The van der Waals surface area contributed by atoms with Crippen LogP contribution >= 0.6 is 23.4 Å². The van der Waals surface area contributed by atoms with Gasteiger partial charge in [0.15, 0.2) is 0 Å². The summed E-state index contributed by atoms with van der Waals surface area (Å²) in [4.78, 5) is 12.4. The van der Waals surface area contributed by atoms with Crippen LogP contribution in [0.5, 0.6) is 0 Å². The highest BCUT2D eigenvalue weighted by atomic mass is 35.5. The van der Waals surface area contributed by atoms with Crippen molar-refractivity contribution in [1.82, 2.24) is 0 Å². The molecule has 0 aromatic heterocycles. The molecule has 0 spiro atoms. The third kappa shape index (κ3) is 3.16. The first-order valence-corrected chi connectivity index (χ1v) is 6.46. The second-order valence-corrected chi connectivity index (χ2v) is 5.08. The Morgan fingerprint density at radius 3 is 2.75 bits per heavy atom. The SMILES string of the molecule is CCSc1ccc(C(C)C(=O)OC)cc1Cl. The normalized spacial score (nSPS) is 12.2. The summed E-state index contributed by atoms with van der Waals surface area (Å²) in [5.74, 6) is 0.459. The van der Waals surface area contributed by atoms with Gasteiger partial charge in [0.05, 0.1) is 18.1 Å². The molecule has 0 aliphatic heterocycles. The van der Waals surface area contributed by atoms with E-state index in [1.807, 2.05) is 25.1 Å². The highest BCUT2D eigenvalue weighted by Gasteiger charge is 2.16. The Morgan fingerprint density at radius 1 is 1.56 bits per heavy atom. The van der Waals surface area contributed by atoms with Gasteiger partial charge in [-0.2, -0.15) is 0 Å². The molecule has 2 nitrogen and oxygen atoms in total. The van der Waals surface area contributed by atoms with Crippen LogP contribution in [0.4, 0.5) is 0 Å². The van der Waals surface area contributed by atoms with E-state index in [9.17, 15) is 4.79 Å². The standard InChI is InChI=1S/C12H15ClO2S/c1-4-16-11-6-5-9(7-10(11)13)8(2)12(14)15-3/h5-8H,4H2,1-3H3. The first-order valence-electron chi connectivity index (χ1n) is 5.10. The van der Waals surface area contributed by atoms with Crippen LogP contribution in [0.15, 0.2) is 23.1 Å². The molecule has 0 fully saturated rings. The summed E-state index contributed by atoms with van der Waals surface area (Å²) in [7, 11) is 1.39. The molecule has 1 aromatic rings. The zero-order valence-corrected chi connectivity index (χ0v) is 11.2. The molecule has 16 heavy (non-hydrogen) atoms. The Hall–Kier alpha value is -0.670. The van der Waals surface area contributed by atoms with Crippen LogP contribution < -0.4 is 0 Å². The zero-order chi connectivity index (χ0) is 12.1. The van der Waals surface area contributed by atoms with E-state index in [4.69, 9.17) is 16.3 Å². The van der Waals surface area contributed by atoms with Crippen molar-refractivity contribution in [2.24, 2.45) is 0 Å². The molecule has 0 radical (unpaired) electrons. The number of halogens is 1. The van der Waals surface area contributed by atoms with Crippen molar-refractivity contribution >= 4 is 29.3 Å². The number of ether oxygens (including phenoxy) is 1. The largest absolute Gasteiger partial charge is 0.469 e. The number of benzene rings is 1. The van der Waals surface area contributed by atoms with Gasteiger partial charge in [-0.1, -0.05) is 24.6 Å². The minimum atomic E-state index is -0.275. The van der Waals surface area contributed by atoms with Crippen molar-refractivity contribution in [3.8, 4) is 0 Å². The molecule has 88 valence electrons. The summed E-state index contributed by atoms with van der Waals surface area (Å²) < 4.78 is 4.70. The van der Waals surface area contributed by atoms with E-state index in [0.717, 1.165) is 16.2 Å². The van der Waals surface area contributed by atoms with E-state index in [1.165, 1.54) is 7.11 Å². The first kappa shape index (κ1) is 13.4. The average Bonchev–Trinajstić information content (AvgIpc) is 2.30. The van der Waals surface area contributed by atoms with E-state index < -0.39 is 0 Å². The molecular formula is C12H15ClO2S. The van der Waals surface area contributed by atoms with E-state index in [-0.39, 0.29) is 11.9 Å². The lowest BCUT2D eigenvalue weighted by atomic mass is 10.0. The summed E-state index contributed by atoms with van der Waals surface area (Å²) >= 11 is 7.82. The number of carbonyl (C=O) groups excluding carboxylic acids is 1. The van der Waals surface area contributed by atoms with Gasteiger partial charge in [0, 0.05) is 4.90 Å². The van der Waals surface area contributed by atoms with Crippen LogP contribution in [0.25, 0.3) is 0 Å². The van der Waals surface area contributed by atoms with Crippen LogP contribution in [0.2, 0.25) is 5.02 Å². The molecule has 0 aliphatic rings. The lowest BCUT2D eigenvalue weighted by Crippen LogP contribution is -2.10. The molecular weight excluding hydrogens is 244 g/mol. The monoisotopic (exact) mass is 258 g/mol. The molecule has 0 saturated carbocycles. The number of esters is 1. The molecule has 1 rings (SSSR count). The summed E-state index contributed by atoms with van der Waals surface area (Å²) in [6, 6.07) is 5.71. The van der Waals surface area contributed by atoms with Gasteiger partial charge in [0.2, 0.25) is 0 Å². The minimum absolute atomic E-state index is 0.244. The summed E-state index contributed by atoms with van der Waals surface area (Å²) in [6.07, 6.45) is 0. The summed E-state index contributed by atoms with van der Waals surface area (Å²) in [5, 5.41) is 0.695. The third-order valence-corrected chi connectivity index (χ3v) is 3.69. The topological polar surface area (TPSA) is 26.3 Å². The van der Waals surface area contributed by atoms with Crippen molar-refractivity contribution in [2.45, 2.75) is 24.7 Å². The quantitative estimate of drug-likeness (QED) is 0.608. The molecule has 1 unspecified atom stereocenters. The zero-order valence-electron chi connectivity index (χ0n) is 9.62. The van der Waals surface area contributed by atoms with Crippen molar-refractivity contribution in [2.75, 3.05) is 12.9 Å². The second kappa shape index (κ2) is 6.16. The molecule has 1 atom stereocenters. The number of rotatable bonds is 4. The molecule has 0 amide bonds. The Kier molecular flexibility index (Phi) is 5.16. The molecule has 0 bridgehead atoms. The fourth-order valence-electron chi connectivity index (χ4n) is 1.37. The Bertz CT molecular complexity index is 379. The smallest absolute Gasteiger partial charge is 0.312 e. The highest BCUT2D eigenvalue weighted by Crippen LogP contribution is 2.30. The van der Waals surface area contributed by atoms with Gasteiger partial charge in [-0.3, -0.25) is 4.79 Å². The van der Waals surface area contributed by atoms with Crippen molar-refractivity contribution in [3.05, 3.63) is 28.8 Å². The fourth-order valence-corrected chi connectivity index (χ4v) is 2.40. The molecule has 0 aliphatic carbocycles. The molecule has 1 aromatic carbocycles. The second-order valence-electron chi connectivity index (χ2n) is 3.37. The van der Waals surface area contributed by atoms with Gasteiger partial charge in [0.25, 0.3) is 0 Å². The maximum atomic E-state index is 11.4. The number of hydrogen-bond acceptors (Lipinski definition) is 3. The average molecular weight is 259 g/mol. The highest BCUT2D eigenvalue weighted by molar-refractivity contribution is 7.99. The number of carbonyl (C=O) groups is 1. The fraction of sp³-hybridized carbons (Fsp3) is 0.417. The number of thioether (sulfide) groups is 1. The van der Waals surface area contributed by atoms with E-state index in [2.05, 4.69) is 6.92 Å². The van der Waals surface area contributed by atoms with Gasteiger partial charge in [-0.25, -0.2) is 0 Å². The van der Waals surface area contributed by atoms with Gasteiger partial charge in [-0.15, -0.1) is 11.8 Å². The van der Waals surface area contributed by atoms with Crippen LogP contribution in [-0.2, 0) is 9.53 Å². The van der Waals surface area contributed by atoms with E-state index in [1.54, 1.807) is 11.8 Å². The summed E-state index contributed by atoms with van der Waals surface area (Å²) in [5.41, 5.74) is 0.886. The van der Waals surface area contributed by atoms with Gasteiger partial charge in [-0.05, 0) is 30.4 Å². The predicted molar refractivity (Wildman–Crippen MR) is 68.3 cm³/mol. The lowest BCUT2D eigenvalue weighted by molar-refractivity contribution is -0.141. The minimum Gasteiger partial charge on any atom is -0.469 e. The van der Waals surface area contributed by atoms with Crippen LogP contribution in [0, 0.1) is 0 Å². The molecule has 0 heterocycles. The molecule has 0 saturated heterocycles. The van der Waals surface area contributed by atoms with E-state index in [0.29, 0.717) is 5.02 Å². The first-order chi connectivity index (χ1) is 7.60. The van der Waals surface area contributed by atoms with Gasteiger partial charge in [0.1, 0.15) is 0 Å². The molecule has 4 heteroatoms. The Morgan fingerprint density at radius 2 is 2.25 bits per heavy atom. The van der Waals surface area contributed by atoms with E-state index >= 15 is 0 Å². The molecule has 0 N–H and O–H groups in total. The Labute approximate surface area is 105 Å². The van der Waals surface area contributed by atoms with Crippen molar-refractivity contribution in [1.29, 1.82) is 0 Å². The third-order valence-electron chi connectivity index (χ3n) is 2.31. The van der Waals surface area contributed by atoms with Crippen LogP contribution in [-0.4, -0.2) is 18.8 Å². The lowest BCUT2D eigenvalue weighted by Gasteiger charge is -2.11. The van der Waals surface area contributed by atoms with Crippen LogP contribution in [0.1, 0.15) is 25.3 Å². The predicted octanol–water partition coefficient (Wildman–Crippen LogP) is 3.73. The number of methoxy groups -OCH3 is 1. The van der Waals surface area contributed by atoms with Gasteiger partial charge < -0.3 is 4.74 Å². The van der Waals surface area contributed by atoms with Crippen molar-refractivity contribution < 1.29 is 9.53 Å². The maximum absolute atomic E-state index is 11.4.